The molecule has 0 heterocycles. The summed E-state index contributed by atoms with van der Waals surface area (Å²) in [6.45, 7) is 2.04. The van der Waals surface area contributed by atoms with Crippen molar-refractivity contribution in [2.75, 3.05) is 7.11 Å². The number of hydrogen-bond acceptors (Lipinski definition) is 2. The fourth-order valence-corrected chi connectivity index (χ4v) is 0.546. The number of rotatable bonds is 2. The van der Waals surface area contributed by atoms with Crippen molar-refractivity contribution in [2.24, 2.45) is 4.51 Å². The third kappa shape index (κ3) is 2.86. The maximum absolute atomic E-state index is 5.11. The number of halogens is 1. The Bertz CT molecular complexity index is 82.5. The van der Waals surface area contributed by atoms with E-state index in [0.29, 0.717) is 5.90 Å². The molecule has 0 fully saturated rings. The second kappa shape index (κ2) is 4.91. The average Bonchev–Trinajstić information content (AvgIpc) is 1.83. The SMILES string of the molecule is CCC/C(=N\Cl)OC. The van der Waals surface area contributed by atoms with Gasteiger partial charge < -0.3 is 4.74 Å². The molecule has 8 heavy (non-hydrogen) atoms. The van der Waals surface area contributed by atoms with Crippen LogP contribution in [0.3, 0.4) is 0 Å². The molecule has 0 aliphatic carbocycles. The summed E-state index contributed by atoms with van der Waals surface area (Å²) in [5, 5.41) is 0. The van der Waals surface area contributed by atoms with Gasteiger partial charge in [-0.05, 0) is 6.42 Å². The van der Waals surface area contributed by atoms with Gasteiger partial charge in [0.1, 0.15) is 0 Å². The molecule has 0 atom stereocenters. The lowest BCUT2D eigenvalue weighted by molar-refractivity contribution is 0.391. The van der Waals surface area contributed by atoms with Crippen LogP contribution in [0.1, 0.15) is 19.8 Å². The molecule has 0 N–H and O–H groups in total. The van der Waals surface area contributed by atoms with E-state index in [2.05, 4.69) is 4.51 Å². The Morgan fingerprint density at radius 3 is 2.50 bits per heavy atom. The van der Waals surface area contributed by atoms with Crippen molar-refractivity contribution in [1.82, 2.24) is 0 Å². The smallest absolute Gasteiger partial charge is 0.200 e. The van der Waals surface area contributed by atoms with Crippen molar-refractivity contribution in [1.29, 1.82) is 0 Å². The minimum absolute atomic E-state index is 0.606. The van der Waals surface area contributed by atoms with E-state index in [1.807, 2.05) is 6.92 Å². The zero-order chi connectivity index (χ0) is 6.41. The van der Waals surface area contributed by atoms with Gasteiger partial charge in [-0.15, -0.1) is 4.51 Å². The van der Waals surface area contributed by atoms with Crippen LogP contribution < -0.4 is 0 Å². The quantitative estimate of drug-likeness (QED) is 0.419. The molecule has 0 unspecified atom stereocenters. The van der Waals surface area contributed by atoms with Gasteiger partial charge in [-0.3, -0.25) is 0 Å². The molecule has 0 radical (unpaired) electrons. The Kier molecular flexibility index (Phi) is 4.76. The van der Waals surface area contributed by atoms with Gasteiger partial charge in [-0.1, -0.05) is 6.92 Å². The molecule has 0 saturated carbocycles. The Morgan fingerprint density at radius 2 is 2.38 bits per heavy atom. The second-order valence-corrected chi connectivity index (χ2v) is 1.60. The molecule has 0 rings (SSSR count). The zero-order valence-corrected chi connectivity index (χ0v) is 5.90. The summed E-state index contributed by atoms with van der Waals surface area (Å²) in [5.41, 5.74) is 0. The third-order valence-corrected chi connectivity index (χ3v) is 0.982. The van der Waals surface area contributed by atoms with Gasteiger partial charge in [-0.25, -0.2) is 0 Å². The summed E-state index contributed by atoms with van der Waals surface area (Å²) >= 11 is 5.11. The number of methoxy groups -OCH3 is 1. The minimum Gasteiger partial charge on any atom is -0.483 e. The maximum atomic E-state index is 5.11. The van der Waals surface area contributed by atoms with Crippen LogP contribution >= 0.6 is 11.8 Å². The first-order chi connectivity index (χ1) is 3.85. The lowest BCUT2D eigenvalue weighted by atomic mass is 10.3. The van der Waals surface area contributed by atoms with E-state index in [1.165, 1.54) is 0 Å². The standard InChI is InChI=1S/C5H10ClNO/c1-3-4-5(7-6)8-2/h3-4H2,1-2H3/b7-5+. The Morgan fingerprint density at radius 1 is 1.75 bits per heavy atom. The molecule has 0 amide bonds. The van der Waals surface area contributed by atoms with Crippen LogP contribution in [0.4, 0.5) is 0 Å². The van der Waals surface area contributed by atoms with Crippen molar-refractivity contribution in [3.05, 3.63) is 0 Å². The van der Waals surface area contributed by atoms with Crippen LogP contribution in [0.25, 0.3) is 0 Å². The van der Waals surface area contributed by atoms with Gasteiger partial charge in [0.2, 0.25) is 5.90 Å². The van der Waals surface area contributed by atoms with E-state index in [4.69, 9.17) is 16.5 Å². The molecular formula is C5H10ClNO. The first kappa shape index (κ1) is 7.76. The Hall–Kier alpha value is -0.240. The van der Waals surface area contributed by atoms with Crippen molar-refractivity contribution in [3.63, 3.8) is 0 Å². The molecule has 2 nitrogen and oxygen atoms in total. The summed E-state index contributed by atoms with van der Waals surface area (Å²) in [7, 11) is 1.57. The monoisotopic (exact) mass is 135 g/mol. The van der Waals surface area contributed by atoms with Crippen molar-refractivity contribution in [2.45, 2.75) is 19.8 Å². The molecule has 0 aromatic carbocycles. The van der Waals surface area contributed by atoms with E-state index in [9.17, 15) is 0 Å². The first-order valence-corrected chi connectivity index (χ1v) is 2.90. The average molecular weight is 136 g/mol. The van der Waals surface area contributed by atoms with Crippen LogP contribution in [0.15, 0.2) is 4.51 Å². The van der Waals surface area contributed by atoms with Crippen LogP contribution in [-0.2, 0) is 4.74 Å². The Labute approximate surface area is 54.6 Å². The largest absolute Gasteiger partial charge is 0.483 e. The number of nitrogens with zero attached hydrogens (tertiary/aromatic N) is 1. The molecule has 0 bridgehead atoms. The Balaban J connectivity index is 3.38. The first-order valence-electron chi connectivity index (χ1n) is 2.57. The number of ether oxygens (including phenoxy) is 1. The van der Waals surface area contributed by atoms with Gasteiger partial charge in [0, 0.05) is 18.2 Å². The van der Waals surface area contributed by atoms with Crippen molar-refractivity contribution in [3.8, 4) is 0 Å². The summed E-state index contributed by atoms with van der Waals surface area (Å²) in [6.07, 6.45) is 1.83. The predicted octanol–water partition coefficient (Wildman–Crippen LogP) is 1.99. The molecule has 0 spiro atoms. The van der Waals surface area contributed by atoms with Crippen LogP contribution in [0.5, 0.6) is 0 Å². The molecule has 0 aromatic rings. The molecule has 0 aliphatic heterocycles. The highest BCUT2D eigenvalue weighted by Crippen LogP contribution is 1.94. The summed E-state index contributed by atoms with van der Waals surface area (Å²) in [5.74, 6) is 0.606. The summed E-state index contributed by atoms with van der Waals surface area (Å²) in [6, 6.07) is 0. The number of hydrogen-bond donors (Lipinski definition) is 0. The van der Waals surface area contributed by atoms with E-state index in [1.54, 1.807) is 7.11 Å². The van der Waals surface area contributed by atoms with Crippen molar-refractivity contribution >= 4 is 17.7 Å². The third-order valence-electron chi connectivity index (χ3n) is 0.794. The van der Waals surface area contributed by atoms with Crippen molar-refractivity contribution < 1.29 is 4.74 Å². The highest BCUT2D eigenvalue weighted by Gasteiger charge is 1.91. The summed E-state index contributed by atoms with van der Waals surface area (Å²) < 4.78 is 8.12. The van der Waals surface area contributed by atoms with E-state index >= 15 is 0 Å². The minimum atomic E-state index is 0.606. The molecular weight excluding hydrogens is 126 g/mol. The van der Waals surface area contributed by atoms with E-state index < -0.39 is 0 Å². The predicted molar refractivity (Wildman–Crippen MR) is 35.2 cm³/mol. The molecule has 0 saturated heterocycles. The highest BCUT2D eigenvalue weighted by atomic mass is 35.5. The van der Waals surface area contributed by atoms with Crippen LogP contribution in [-0.4, -0.2) is 13.0 Å². The zero-order valence-electron chi connectivity index (χ0n) is 5.15. The van der Waals surface area contributed by atoms with Gasteiger partial charge in [0.05, 0.1) is 7.11 Å². The van der Waals surface area contributed by atoms with E-state index in [-0.39, 0.29) is 0 Å². The van der Waals surface area contributed by atoms with Gasteiger partial charge >= 0.3 is 0 Å². The normalized spacial score (nSPS) is 11.6. The molecule has 3 heteroatoms. The fourth-order valence-electron chi connectivity index (χ4n) is 0.393. The van der Waals surface area contributed by atoms with Gasteiger partial charge in [0.15, 0.2) is 0 Å². The molecule has 48 valence electrons. The topological polar surface area (TPSA) is 21.6 Å². The lowest BCUT2D eigenvalue weighted by Gasteiger charge is -1.97. The maximum Gasteiger partial charge on any atom is 0.200 e. The van der Waals surface area contributed by atoms with Gasteiger partial charge in [-0.2, -0.15) is 0 Å². The van der Waals surface area contributed by atoms with Gasteiger partial charge in [0.25, 0.3) is 0 Å². The summed E-state index contributed by atoms with van der Waals surface area (Å²) in [4.78, 5) is 0. The van der Waals surface area contributed by atoms with Crippen LogP contribution in [0.2, 0.25) is 0 Å². The molecule has 0 aliphatic rings. The lowest BCUT2D eigenvalue weighted by Crippen LogP contribution is -1.97. The second-order valence-electron chi connectivity index (χ2n) is 1.43. The highest BCUT2D eigenvalue weighted by molar-refractivity contribution is 6.19. The molecule has 0 aromatic heterocycles. The van der Waals surface area contributed by atoms with Crippen LogP contribution in [0, 0.1) is 0 Å². The van der Waals surface area contributed by atoms with E-state index in [0.717, 1.165) is 12.8 Å². The fraction of sp³-hybridized carbons (Fsp3) is 0.800.